The fourth-order valence-electron chi connectivity index (χ4n) is 2.01. The van der Waals surface area contributed by atoms with Crippen molar-refractivity contribution in [3.63, 3.8) is 0 Å². The summed E-state index contributed by atoms with van der Waals surface area (Å²) in [6, 6.07) is 8.11. The Kier molecular flexibility index (Phi) is 3.04. The van der Waals surface area contributed by atoms with Crippen LogP contribution in [0.4, 0.5) is 0 Å². The molecule has 1 aromatic rings. The molecule has 1 aliphatic rings. The lowest BCUT2D eigenvalue weighted by Gasteiger charge is -2.21. The topological polar surface area (TPSA) is 54.5 Å². The van der Waals surface area contributed by atoms with E-state index in [1.165, 1.54) is 11.8 Å². The molecule has 2 rings (SSSR count). The van der Waals surface area contributed by atoms with Gasteiger partial charge in [0, 0.05) is 12.0 Å². The first kappa shape index (κ1) is 11.5. The quantitative estimate of drug-likeness (QED) is 0.764. The maximum absolute atomic E-state index is 12.1. The van der Waals surface area contributed by atoms with Gasteiger partial charge in [0.1, 0.15) is 0 Å². The fourth-order valence-corrected chi connectivity index (χ4v) is 2.01. The minimum absolute atomic E-state index is 0.0397. The van der Waals surface area contributed by atoms with Crippen molar-refractivity contribution in [2.45, 2.75) is 19.4 Å². The maximum atomic E-state index is 12.1. The number of amides is 1. The molecule has 1 heterocycles. The molecule has 1 amide bonds. The van der Waals surface area contributed by atoms with E-state index in [4.69, 9.17) is 0 Å². The van der Waals surface area contributed by atoms with Crippen LogP contribution < -0.4 is 0 Å². The highest BCUT2D eigenvalue weighted by atomic mass is 16.2. The second-order valence-corrected chi connectivity index (χ2v) is 4.17. The molecule has 0 N–H and O–H groups in total. The van der Waals surface area contributed by atoms with E-state index >= 15 is 0 Å². The molecule has 17 heavy (non-hydrogen) atoms. The molecule has 0 spiro atoms. The summed E-state index contributed by atoms with van der Waals surface area (Å²) in [6.07, 6.45) is 0.147. The molecule has 1 atom stereocenters. The van der Waals surface area contributed by atoms with Crippen LogP contribution in [0.1, 0.15) is 23.7 Å². The Labute approximate surface area is 99.2 Å². The summed E-state index contributed by atoms with van der Waals surface area (Å²) >= 11 is 0. The summed E-state index contributed by atoms with van der Waals surface area (Å²) in [5.74, 6) is -0.453. The molecule has 0 bridgehead atoms. The lowest BCUT2D eigenvalue weighted by atomic mass is 10.1. The molecule has 88 valence electrons. The monoisotopic (exact) mass is 231 g/mol. The third-order valence-corrected chi connectivity index (χ3v) is 2.89. The summed E-state index contributed by atoms with van der Waals surface area (Å²) in [5, 5.41) is 0. The maximum Gasteiger partial charge on any atom is 0.254 e. The zero-order chi connectivity index (χ0) is 12.4. The van der Waals surface area contributed by atoms with Gasteiger partial charge >= 0.3 is 0 Å². The molecule has 1 saturated heterocycles. The van der Waals surface area contributed by atoms with Crippen molar-refractivity contribution in [3.8, 4) is 0 Å². The van der Waals surface area contributed by atoms with Crippen LogP contribution >= 0.6 is 0 Å². The van der Waals surface area contributed by atoms with E-state index in [0.29, 0.717) is 5.56 Å². The van der Waals surface area contributed by atoms with Crippen LogP contribution in [0.15, 0.2) is 30.3 Å². The molecule has 1 aromatic carbocycles. The van der Waals surface area contributed by atoms with Crippen molar-refractivity contribution in [1.29, 1.82) is 0 Å². The first-order valence-corrected chi connectivity index (χ1v) is 5.48. The highest BCUT2D eigenvalue weighted by Gasteiger charge is 2.36. The van der Waals surface area contributed by atoms with Gasteiger partial charge in [-0.3, -0.25) is 14.4 Å². The van der Waals surface area contributed by atoms with Gasteiger partial charge in [0.25, 0.3) is 5.91 Å². The standard InChI is InChI=1S/C13H13NO3/c1-9(15)12-7-11(16)8-14(12)13(17)10-5-3-2-4-6-10/h2-6,12H,7-8H2,1H3/t12-/m1/s1. The van der Waals surface area contributed by atoms with Crippen molar-refractivity contribution < 1.29 is 14.4 Å². The average Bonchev–Trinajstić information content (AvgIpc) is 2.72. The molecule has 0 aromatic heterocycles. The number of Topliss-reactive ketones (excluding diaryl/α,β-unsaturated/α-hetero) is 2. The van der Waals surface area contributed by atoms with Crippen molar-refractivity contribution >= 4 is 17.5 Å². The summed E-state index contributed by atoms with van der Waals surface area (Å²) < 4.78 is 0. The number of hydrogen-bond donors (Lipinski definition) is 0. The van der Waals surface area contributed by atoms with Crippen molar-refractivity contribution in [3.05, 3.63) is 35.9 Å². The van der Waals surface area contributed by atoms with Gasteiger partial charge in [-0.05, 0) is 19.1 Å². The third kappa shape index (κ3) is 2.25. The van der Waals surface area contributed by atoms with E-state index in [-0.39, 0.29) is 30.4 Å². The van der Waals surface area contributed by atoms with Crippen LogP contribution in [-0.2, 0) is 9.59 Å². The van der Waals surface area contributed by atoms with E-state index in [1.807, 2.05) is 6.07 Å². The van der Waals surface area contributed by atoms with Crippen LogP contribution in [-0.4, -0.2) is 35.0 Å². The Morgan fingerprint density at radius 2 is 1.88 bits per heavy atom. The summed E-state index contributed by atoms with van der Waals surface area (Å²) in [5.41, 5.74) is 0.508. The third-order valence-electron chi connectivity index (χ3n) is 2.89. The van der Waals surface area contributed by atoms with Gasteiger partial charge < -0.3 is 4.90 Å². The van der Waals surface area contributed by atoms with Crippen molar-refractivity contribution in [1.82, 2.24) is 4.90 Å². The second-order valence-electron chi connectivity index (χ2n) is 4.17. The fraction of sp³-hybridized carbons (Fsp3) is 0.308. The van der Waals surface area contributed by atoms with E-state index in [2.05, 4.69) is 0 Å². The lowest BCUT2D eigenvalue weighted by molar-refractivity contribution is -0.121. The summed E-state index contributed by atoms with van der Waals surface area (Å²) in [4.78, 5) is 36.2. The van der Waals surface area contributed by atoms with E-state index in [9.17, 15) is 14.4 Å². The van der Waals surface area contributed by atoms with Gasteiger partial charge in [-0.25, -0.2) is 0 Å². The van der Waals surface area contributed by atoms with Crippen molar-refractivity contribution in [2.75, 3.05) is 6.54 Å². The van der Waals surface area contributed by atoms with Crippen LogP contribution in [0, 0.1) is 0 Å². The van der Waals surface area contributed by atoms with Crippen LogP contribution in [0.2, 0.25) is 0 Å². The minimum atomic E-state index is -0.588. The summed E-state index contributed by atoms with van der Waals surface area (Å²) in [7, 11) is 0. The Balaban J connectivity index is 2.25. The SMILES string of the molecule is CC(=O)[C@H]1CC(=O)CN1C(=O)c1ccccc1. The van der Waals surface area contributed by atoms with Gasteiger partial charge in [-0.1, -0.05) is 18.2 Å². The van der Waals surface area contributed by atoms with Crippen LogP contribution in [0.25, 0.3) is 0 Å². The van der Waals surface area contributed by atoms with E-state index in [1.54, 1.807) is 24.3 Å². The number of ketones is 2. The first-order valence-electron chi connectivity index (χ1n) is 5.48. The molecular formula is C13H13NO3. The molecule has 4 nitrogen and oxygen atoms in total. The molecule has 0 aliphatic carbocycles. The number of rotatable bonds is 2. The average molecular weight is 231 g/mol. The zero-order valence-corrected chi connectivity index (χ0v) is 9.55. The smallest absolute Gasteiger partial charge is 0.254 e. The first-order chi connectivity index (χ1) is 8.09. The van der Waals surface area contributed by atoms with E-state index < -0.39 is 6.04 Å². The van der Waals surface area contributed by atoms with Gasteiger partial charge in [0.2, 0.25) is 0 Å². The van der Waals surface area contributed by atoms with E-state index in [0.717, 1.165) is 0 Å². The number of likely N-dealkylation sites (tertiary alicyclic amines) is 1. The zero-order valence-electron chi connectivity index (χ0n) is 9.55. The number of nitrogens with zero attached hydrogens (tertiary/aromatic N) is 1. The number of carbonyl (C=O) groups is 3. The molecule has 0 saturated carbocycles. The predicted octanol–water partition coefficient (Wildman–Crippen LogP) is 1.06. The largest absolute Gasteiger partial charge is 0.321 e. The Hall–Kier alpha value is -1.97. The molecular weight excluding hydrogens is 218 g/mol. The van der Waals surface area contributed by atoms with Gasteiger partial charge in [-0.15, -0.1) is 0 Å². The summed E-state index contributed by atoms with van der Waals surface area (Å²) in [6.45, 7) is 1.45. The highest BCUT2D eigenvalue weighted by molar-refractivity contribution is 6.03. The molecule has 1 aliphatic heterocycles. The molecule has 0 radical (unpaired) electrons. The number of carbonyl (C=O) groups excluding carboxylic acids is 3. The number of hydrogen-bond acceptors (Lipinski definition) is 3. The second kappa shape index (κ2) is 4.49. The van der Waals surface area contributed by atoms with Crippen molar-refractivity contribution in [2.24, 2.45) is 0 Å². The Bertz CT molecular complexity index is 467. The van der Waals surface area contributed by atoms with Gasteiger partial charge in [0.05, 0.1) is 12.6 Å². The molecule has 0 unspecified atom stereocenters. The highest BCUT2D eigenvalue weighted by Crippen LogP contribution is 2.18. The minimum Gasteiger partial charge on any atom is -0.321 e. The van der Waals surface area contributed by atoms with Gasteiger partial charge in [0.15, 0.2) is 11.6 Å². The normalized spacial score (nSPS) is 19.5. The Morgan fingerprint density at radius 1 is 1.24 bits per heavy atom. The predicted molar refractivity (Wildman–Crippen MR) is 61.6 cm³/mol. The Morgan fingerprint density at radius 3 is 2.47 bits per heavy atom. The lowest BCUT2D eigenvalue weighted by Crippen LogP contribution is -2.39. The molecule has 4 heteroatoms. The van der Waals surface area contributed by atoms with Crippen LogP contribution in [0.3, 0.4) is 0 Å². The number of benzene rings is 1. The molecule has 1 fully saturated rings. The van der Waals surface area contributed by atoms with Gasteiger partial charge in [-0.2, -0.15) is 0 Å². The van der Waals surface area contributed by atoms with Crippen LogP contribution in [0.5, 0.6) is 0 Å².